The van der Waals surface area contributed by atoms with E-state index >= 15 is 0 Å². The van der Waals surface area contributed by atoms with Gasteiger partial charge in [-0.1, -0.05) is 6.07 Å². The van der Waals surface area contributed by atoms with Gasteiger partial charge in [-0.25, -0.2) is 8.42 Å². The highest BCUT2D eigenvalue weighted by Gasteiger charge is 2.32. The Hall–Kier alpha value is -2.52. The summed E-state index contributed by atoms with van der Waals surface area (Å²) in [6.07, 6.45) is 4.76. The molecular weight excluding hydrogens is 420 g/mol. The number of likely N-dealkylation sites (N-methyl/N-ethyl adjacent to an activating group) is 1. The van der Waals surface area contributed by atoms with Crippen molar-refractivity contribution in [3.8, 4) is 10.6 Å². The van der Waals surface area contributed by atoms with E-state index in [9.17, 15) is 13.2 Å². The number of nitrogens with zero attached hydrogens (tertiary/aromatic N) is 4. The number of carbonyl (C=O) groups is 1. The predicted octanol–water partition coefficient (Wildman–Crippen LogP) is 3.07. The van der Waals surface area contributed by atoms with Gasteiger partial charge in [0.05, 0.1) is 28.1 Å². The molecule has 1 aliphatic heterocycles. The average molecular weight is 445 g/mol. The molecule has 0 aliphatic carbocycles. The highest BCUT2D eigenvalue weighted by atomic mass is 32.2. The number of carbonyl (C=O) groups excluding carboxylic acids is 1. The van der Waals surface area contributed by atoms with E-state index in [1.807, 2.05) is 36.6 Å². The molecule has 30 heavy (non-hydrogen) atoms. The molecule has 1 amide bonds. The highest BCUT2D eigenvalue weighted by Crippen LogP contribution is 2.32. The Bertz CT molecular complexity index is 1110. The van der Waals surface area contributed by atoms with Crippen LogP contribution in [0.5, 0.6) is 0 Å². The van der Waals surface area contributed by atoms with Gasteiger partial charge in [0, 0.05) is 25.5 Å². The standard InChI is InChI=1S/C21H24N4O3S2/c1-2-24(11-7-16-5-9-22-10-6-16)21(26)18-14-19(20-4-3-12-29-20)25(23-18)17-8-13-30(27,28)15-17/h3-6,9-10,12,14,17H,2,7-8,11,13,15H2,1H3/t17-/m0/s1. The Balaban J connectivity index is 1.59. The topological polar surface area (TPSA) is 85.2 Å². The van der Waals surface area contributed by atoms with Crippen LogP contribution in [0, 0.1) is 0 Å². The second kappa shape index (κ2) is 8.69. The van der Waals surface area contributed by atoms with Gasteiger partial charge in [-0.3, -0.25) is 14.5 Å². The molecule has 7 nitrogen and oxygen atoms in total. The number of amides is 1. The predicted molar refractivity (Wildman–Crippen MR) is 117 cm³/mol. The molecule has 3 aromatic rings. The zero-order valence-corrected chi connectivity index (χ0v) is 18.4. The normalized spacial score (nSPS) is 17.8. The molecule has 1 atom stereocenters. The van der Waals surface area contributed by atoms with Crippen molar-refractivity contribution < 1.29 is 13.2 Å². The van der Waals surface area contributed by atoms with E-state index in [1.54, 1.807) is 39.4 Å². The Labute approximate surface area is 180 Å². The van der Waals surface area contributed by atoms with Crippen LogP contribution in [0.2, 0.25) is 0 Å². The van der Waals surface area contributed by atoms with Crippen LogP contribution in [0.4, 0.5) is 0 Å². The molecule has 0 bridgehead atoms. The molecule has 1 aliphatic rings. The van der Waals surface area contributed by atoms with E-state index in [2.05, 4.69) is 10.1 Å². The van der Waals surface area contributed by atoms with Gasteiger partial charge < -0.3 is 4.90 Å². The molecule has 0 unspecified atom stereocenters. The van der Waals surface area contributed by atoms with Gasteiger partial charge in [-0.05, 0) is 55.0 Å². The fourth-order valence-electron chi connectivity index (χ4n) is 3.73. The zero-order valence-electron chi connectivity index (χ0n) is 16.8. The number of hydrogen-bond donors (Lipinski definition) is 0. The summed E-state index contributed by atoms with van der Waals surface area (Å²) >= 11 is 1.55. The first-order valence-corrected chi connectivity index (χ1v) is 12.7. The van der Waals surface area contributed by atoms with Gasteiger partial charge in [0.1, 0.15) is 0 Å². The number of rotatable bonds is 7. The summed E-state index contributed by atoms with van der Waals surface area (Å²) in [7, 11) is -3.06. The maximum absolute atomic E-state index is 13.2. The first-order chi connectivity index (χ1) is 14.5. The van der Waals surface area contributed by atoms with Gasteiger partial charge >= 0.3 is 0 Å². The number of sulfone groups is 1. The Morgan fingerprint density at radius 3 is 2.73 bits per heavy atom. The SMILES string of the molecule is CCN(CCc1ccncc1)C(=O)c1cc(-c2cccs2)n([C@H]2CCS(=O)(=O)C2)n1. The van der Waals surface area contributed by atoms with Crippen LogP contribution >= 0.6 is 11.3 Å². The summed E-state index contributed by atoms with van der Waals surface area (Å²) in [6, 6.07) is 9.37. The highest BCUT2D eigenvalue weighted by molar-refractivity contribution is 7.91. The van der Waals surface area contributed by atoms with E-state index in [-0.39, 0.29) is 23.5 Å². The van der Waals surface area contributed by atoms with Crippen LogP contribution in [0.25, 0.3) is 10.6 Å². The zero-order chi connectivity index (χ0) is 21.1. The van der Waals surface area contributed by atoms with E-state index in [4.69, 9.17) is 0 Å². The first kappa shape index (κ1) is 20.7. The quantitative estimate of drug-likeness (QED) is 0.559. The van der Waals surface area contributed by atoms with Crippen molar-refractivity contribution in [2.24, 2.45) is 0 Å². The fourth-order valence-corrected chi connectivity index (χ4v) is 6.16. The molecule has 1 saturated heterocycles. The molecule has 0 N–H and O–H groups in total. The Morgan fingerprint density at radius 2 is 2.10 bits per heavy atom. The molecule has 0 saturated carbocycles. The molecular formula is C21H24N4O3S2. The Morgan fingerprint density at radius 1 is 1.30 bits per heavy atom. The van der Waals surface area contributed by atoms with Gasteiger partial charge in [-0.15, -0.1) is 11.3 Å². The van der Waals surface area contributed by atoms with Crippen molar-refractivity contribution in [3.63, 3.8) is 0 Å². The van der Waals surface area contributed by atoms with E-state index in [0.717, 1.165) is 22.6 Å². The summed E-state index contributed by atoms with van der Waals surface area (Å²) < 4.78 is 25.8. The summed E-state index contributed by atoms with van der Waals surface area (Å²) in [5, 5.41) is 6.56. The van der Waals surface area contributed by atoms with Crippen LogP contribution in [-0.4, -0.2) is 58.6 Å². The van der Waals surface area contributed by atoms with E-state index in [0.29, 0.717) is 25.2 Å². The number of pyridine rings is 1. The van der Waals surface area contributed by atoms with Crippen molar-refractivity contribution in [1.29, 1.82) is 0 Å². The lowest BCUT2D eigenvalue weighted by Gasteiger charge is -2.19. The summed E-state index contributed by atoms with van der Waals surface area (Å²) in [4.78, 5) is 20.0. The minimum atomic E-state index is -3.06. The maximum Gasteiger partial charge on any atom is 0.274 e. The molecule has 3 aromatic heterocycles. The number of hydrogen-bond acceptors (Lipinski definition) is 6. The minimum absolute atomic E-state index is 0.0697. The van der Waals surface area contributed by atoms with Gasteiger partial charge in [0.2, 0.25) is 0 Å². The van der Waals surface area contributed by atoms with Crippen LogP contribution in [0.3, 0.4) is 0 Å². The monoisotopic (exact) mass is 444 g/mol. The smallest absolute Gasteiger partial charge is 0.274 e. The molecule has 4 rings (SSSR count). The summed E-state index contributed by atoms with van der Waals surface area (Å²) in [5.41, 5.74) is 2.29. The first-order valence-electron chi connectivity index (χ1n) is 9.99. The fraction of sp³-hybridized carbons (Fsp3) is 0.381. The lowest BCUT2D eigenvalue weighted by molar-refractivity contribution is 0.0759. The second-order valence-corrected chi connectivity index (χ2v) is 10.6. The van der Waals surface area contributed by atoms with Crippen molar-refractivity contribution in [1.82, 2.24) is 19.7 Å². The van der Waals surface area contributed by atoms with Crippen molar-refractivity contribution >= 4 is 27.1 Å². The summed E-state index contributed by atoms with van der Waals surface area (Å²) in [5.74, 6) is 0.0988. The average Bonchev–Trinajstić information content (AvgIpc) is 3.48. The van der Waals surface area contributed by atoms with Gasteiger partial charge in [0.25, 0.3) is 5.91 Å². The molecule has 0 radical (unpaired) electrons. The van der Waals surface area contributed by atoms with Crippen molar-refractivity contribution in [2.75, 3.05) is 24.6 Å². The van der Waals surface area contributed by atoms with E-state index in [1.165, 1.54) is 0 Å². The second-order valence-electron chi connectivity index (χ2n) is 7.38. The molecule has 0 spiro atoms. The Kier molecular flexibility index (Phi) is 6.01. The number of thiophene rings is 1. The van der Waals surface area contributed by atoms with Crippen molar-refractivity contribution in [3.05, 3.63) is 59.4 Å². The van der Waals surface area contributed by atoms with Gasteiger partial charge in [0.15, 0.2) is 15.5 Å². The molecule has 9 heteroatoms. The van der Waals surface area contributed by atoms with Crippen LogP contribution in [0.15, 0.2) is 48.1 Å². The van der Waals surface area contributed by atoms with Crippen LogP contribution in [-0.2, 0) is 16.3 Å². The largest absolute Gasteiger partial charge is 0.337 e. The van der Waals surface area contributed by atoms with Gasteiger partial charge in [-0.2, -0.15) is 5.10 Å². The molecule has 1 fully saturated rings. The third-order valence-corrected chi connectivity index (χ3v) is 8.01. The van der Waals surface area contributed by atoms with Crippen LogP contribution < -0.4 is 0 Å². The summed E-state index contributed by atoms with van der Waals surface area (Å²) in [6.45, 7) is 3.10. The number of aromatic nitrogens is 3. The molecule has 158 valence electrons. The van der Waals surface area contributed by atoms with E-state index < -0.39 is 9.84 Å². The third-order valence-electron chi connectivity index (χ3n) is 5.37. The molecule has 0 aromatic carbocycles. The lowest BCUT2D eigenvalue weighted by atomic mass is 10.2. The van der Waals surface area contributed by atoms with Crippen molar-refractivity contribution in [2.45, 2.75) is 25.8 Å². The third kappa shape index (κ3) is 4.46. The maximum atomic E-state index is 13.2. The lowest BCUT2D eigenvalue weighted by Crippen LogP contribution is -2.33. The minimum Gasteiger partial charge on any atom is -0.337 e. The molecule has 4 heterocycles. The van der Waals surface area contributed by atoms with Crippen LogP contribution in [0.1, 0.15) is 35.4 Å².